The van der Waals surface area contributed by atoms with Crippen LogP contribution in [0.4, 0.5) is 25.1 Å². The molecule has 2 N–H and O–H groups in total. The number of benzene rings is 1. The highest BCUT2D eigenvalue weighted by atomic mass is 19.3. The quantitative estimate of drug-likeness (QED) is 0.0607. The molecule has 5 aromatic rings. The van der Waals surface area contributed by atoms with Crippen LogP contribution in [0.2, 0.25) is 0 Å². The number of piperidine rings is 1. The summed E-state index contributed by atoms with van der Waals surface area (Å²) in [5.74, 6) is -0.268. The van der Waals surface area contributed by atoms with Crippen LogP contribution in [0.1, 0.15) is 125 Å². The van der Waals surface area contributed by atoms with Gasteiger partial charge in [-0.25, -0.2) is 28.3 Å². The number of fused-ring (bicyclic) bond motifs is 1. The zero-order chi connectivity index (χ0) is 49.0. The molecular weight excluding hydrogens is 895 g/mol. The largest absolute Gasteiger partial charge is 0.444 e. The Labute approximate surface area is 398 Å². The van der Waals surface area contributed by atoms with Gasteiger partial charge in [0, 0.05) is 64.3 Å². The molecule has 0 spiro atoms. The first kappa shape index (κ1) is 49.2. The van der Waals surface area contributed by atoms with Crippen LogP contribution in [0.5, 0.6) is 0 Å². The predicted octanol–water partition coefficient (Wildman–Crippen LogP) is 7.61. The number of carbonyl (C=O) groups excluding carboxylic acids is 4. The van der Waals surface area contributed by atoms with Gasteiger partial charge >= 0.3 is 11.8 Å². The summed E-state index contributed by atoms with van der Waals surface area (Å²) in [6, 6.07) is 8.17. The number of para-hydroxylation sites is 1. The topological polar surface area (TPSA) is 201 Å². The van der Waals surface area contributed by atoms with E-state index in [-0.39, 0.29) is 47.8 Å². The number of amides is 4. The zero-order valence-electron chi connectivity index (χ0n) is 39.9. The Balaban J connectivity index is 0.772. The number of oxazole rings is 1. The van der Waals surface area contributed by atoms with Crippen LogP contribution in [0, 0.1) is 11.8 Å². The number of halogens is 2. The molecule has 69 heavy (non-hydrogen) atoms. The number of nitrogens with one attached hydrogen (secondary N) is 2. The van der Waals surface area contributed by atoms with Crippen LogP contribution in [-0.2, 0) is 32.5 Å². The second-order valence-corrected chi connectivity index (χ2v) is 19.6. The first-order valence-electron chi connectivity index (χ1n) is 23.9. The maximum atomic E-state index is 14.3. The fourth-order valence-electron chi connectivity index (χ4n) is 9.36. The van der Waals surface area contributed by atoms with Gasteiger partial charge in [0.15, 0.2) is 11.4 Å². The number of aromatic nitrogens is 6. The Morgan fingerprint density at radius 2 is 1.74 bits per heavy atom. The number of rotatable bonds is 19. The highest BCUT2D eigenvalue weighted by Gasteiger charge is 2.34. The van der Waals surface area contributed by atoms with E-state index in [2.05, 4.69) is 37.6 Å². The van der Waals surface area contributed by atoms with Crippen molar-refractivity contribution in [2.45, 2.75) is 116 Å². The molecule has 0 bridgehead atoms. The second kappa shape index (κ2) is 21.2. The van der Waals surface area contributed by atoms with E-state index in [0.29, 0.717) is 54.9 Å². The number of anilines is 2. The number of pyridine rings is 1. The molecule has 0 radical (unpaired) electrons. The Bertz CT molecular complexity index is 2710. The van der Waals surface area contributed by atoms with Crippen molar-refractivity contribution < 1.29 is 41.8 Å². The summed E-state index contributed by atoms with van der Waals surface area (Å²) in [4.78, 5) is 76.6. The summed E-state index contributed by atoms with van der Waals surface area (Å²) in [5.41, 5.74) is 1.22. The maximum Gasteiger partial charge on any atom is 0.416 e. The van der Waals surface area contributed by atoms with Crippen molar-refractivity contribution in [2.24, 2.45) is 18.9 Å². The molecule has 370 valence electrons. The van der Waals surface area contributed by atoms with Gasteiger partial charge in [0.05, 0.1) is 22.8 Å². The van der Waals surface area contributed by atoms with E-state index in [1.807, 2.05) is 18.2 Å². The molecule has 1 aliphatic heterocycles. The lowest BCUT2D eigenvalue weighted by molar-refractivity contribution is -0.135. The molecule has 1 atom stereocenters. The van der Waals surface area contributed by atoms with Crippen LogP contribution in [0.3, 0.4) is 0 Å². The van der Waals surface area contributed by atoms with Crippen LogP contribution in [0.15, 0.2) is 58.2 Å². The number of aryl methyl sites for hydroxylation is 2. The minimum atomic E-state index is -2.92. The zero-order valence-corrected chi connectivity index (χ0v) is 39.9. The van der Waals surface area contributed by atoms with Crippen LogP contribution in [-0.4, -0.2) is 103 Å². The molecule has 5 heterocycles. The molecule has 1 saturated heterocycles. The minimum absolute atomic E-state index is 0.0889. The number of carbonyl (C=O) groups is 4. The van der Waals surface area contributed by atoms with E-state index in [4.69, 9.17) is 13.9 Å². The fraction of sp³-hybridized carbons (Fsp3) is 0.551. The fourth-order valence-corrected chi connectivity index (χ4v) is 9.36. The number of hydrogen-bond acceptors (Lipinski definition) is 12. The molecule has 4 amide bonds. The third kappa shape index (κ3) is 12.0. The Morgan fingerprint density at radius 3 is 2.46 bits per heavy atom. The summed E-state index contributed by atoms with van der Waals surface area (Å²) in [6.45, 7) is 8.77. The van der Waals surface area contributed by atoms with Crippen molar-refractivity contribution in [3.63, 3.8) is 0 Å². The second-order valence-electron chi connectivity index (χ2n) is 19.6. The number of imidazole rings is 1. The summed E-state index contributed by atoms with van der Waals surface area (Å²) in [6.07, 6.45) is 8.85. The summed E-state index contributed by atoms with van der Waals surface area (Å²) in [7, 11) is 3.80. The van der Waals surface area contributed by atoms with Crippen molar-refractivity contribution >= 4 is 46.4 Å². The average molecular weight is 957 g/mol. The molecule has 2 saturated carbocycles. The van der Waals surface area contributed by atoms with Crippen LogP contribution >= 0.6 is 0 Å². The van der Waals surface area contributed by atoms with Crippen molar-refractivity contribution in [3.8, 4) is 11.5 Å². The number of hydrogen-bond donors (Lipinski definition) is 2. The van der Waals surface area contributed by atoms with Gasteiger partial charge in [0.25, 0.3) is 12.3 Å². The summed E-state index contributed by atoms with van der Waals surface area (Å²) >= 11 is 0. The van der Waals surface area contributed by atoms with Crippen molar-refractivity contribution in [1.82, 2.24) is 39.1 Å². The summed E-state index contributed by atoms with van der Waals surface area (Å²) < 4.78 is 50.5. The van der Waals surface area contributed by atoms with Gasteiger partial charge in [0.2, 0.25) is 17.7 Å². The van der Waals surface area contributed by atoms with Crippen LogP contribution in [0.25, 0.3) is 22.5 Å². The van der Waals surface area contributed by atoms with Gasteiger partial charge in [0.1, 0.15) is 23.7 Å². The van der Waals surface area contributed by atoms with Gasteiger partial charge in [-0.3, -0.25) is 38.4 Å². The lowest BCUT2D eigenvalue weighted by Gasteiger charge is -2.31. The molecule has 18 nitrogen and oxygen atoms in total. The van der Waals surface area contributed by atoms with Crippen molar-refractivity contribution in [1.29, 1.82) is 0 Å². The third-order valence-corrected chi connectivity index (χ3v) is 13.0. The van der Waals surface area contributed by atoms with Gasteiger partial charge in [-0.2, -0.15) is 5.10 Å². The molecule has 1 aromatic carbocycles. The van der Waals surface area contributed by atoms with E-state index in [0.717, 1.165) is 81.8 Å². The standard InChI is InChI=1S/C49H62F2N10O8/c1-49(2,3)69-48(66)59(27-31-12-13-31)39-25-33(20-21-52-39)46-54-36(29-68-46)44(63)53-35-28-60(56-41(35)43(50)51)34-16-14-30(15-17-34)26-57(4)22-8-24-67-23-7-10-32-9-6-11-37-42(32)58(5)47(65)61(37)38-18-19-40(62)55-45(38)64/h6,9,11,20-21,25,28-31,34,38,43H,7-8,10,12-19,22-24,26-27H2,1-5H3,(H,53,63)(H,55,62,64). The van der Waals surface area contributed by atoms with E-state index in [1.165, 1.54) is 21.9 Å². The lowest BCUT2D eigenvalue weighted by Crippen LogP contribution is -2.44. The number of imide groups is 1. The molecule has 3 fully saturated rings. The Morgan fingerprint density at radius 1 is 1.00 bits per heavy atom. The normalized spacial score (nSPS) is 18.8. The highest BCUT2D eigenvalue weighted by molar-refractivity contribution is 6.03. The minimum Gasteiger partial charge on any atom is -0.444 e. The van der Waals surface area contributed by atoms with Gasteiger partial charge in [-0.1, -0.05) is 12.1 Å². The van der Waals surface area contributed by atoms with E-state index in [9.17, 15) is 32.8 Å². The SMILES string of the molecule is CN(CCCOCCCc1cccc2c1n(C)c(=O)n2C1CCC(=O)NC1=O)CC1CCC(n2cc(NC(=O)c3coc(-c4ccnc(N(CC5CC5)C(=O)OC(C)(C)C)c4)n3)c(C(F)F)n2)CC1. The molecule has 2 aliphatic carbocycles. The Kier molecular flexibility index (Phi) is 15.1. The average Bonchev–Trinajstić information content (AvgIpc) is 3.69. The number of ether oxygens (including phenoxy) is 2. The Hall–Kier alpha value is -6.28. The van der Waals surface area contributed by atoms with Crippen molar-refractivity contribution in [2.75, 3.05) is 50.1 Å². The molecule has 20 heteroatoms. The number of nitrogens with zero attached hydrogens (tertiary/aromatic N) is 8. The van der Waals surface area contributed by atoms with Gasteiger partial charge in [-0.15, -0.1) is 0 Å². The first-order chi connectivity index (χ1) is 33.0. The van der Waals surface area contributed by atoms with Gasteiger partial charge < -0.3 is 24.1 Å². The van der Waals surface area contributed by atoms with E-state index >= 15 is 0 Å². The van der Waals surface area contributed by atoms with E-state index in [1.54, 1.807) is 49.2 Å². The lowest BCUT2D eigenvalue weighted by atomic mass is 9.86. The highest BCUT2D eigenvalue weighted by Crippen LogP contribution is 2.36. The predicted molar refractivity (Wildman–Crippen MR) is 252 cm³/mol. The molecule has 3 aliphatic rings. The smallest absolute Gasteiger partial charge is 0.416 e. The van der Waals surface area contributed by atoms with E-state index < -0.39 is 41.7 Å². The molecule has 4 aromatic heterocycles. The molecule has 1 unspecified atom stereocenters. The van der Waals surface area contributed by atoms with Gasteiger partial charge in [-0.05, 0) is 128 Å². The van der Waals surface area contributed by atoms with Crippen LogP contribution < -0.4 is 21.2 Å². The van der Waals surface area contributed by atoms with Crippen molar-refractivity contribution in [3.05, 3.63) is 76.4 Å². The molecular formula is C49H62F2N10O8. The first-order valence-corrected chi connectivity index (χ1v) is 23.9. The maximum absolute atomic E-state index is 14.3. The summed E-state index contributed by atoms with van der Waals surface area (Å²) in [5, 5.41) is 9.16. The monoisotopic (exact) mass is 956 g/mol. The number of alkyl halides is 2. The third-order valence-electron chi connectivity index (χ3n) is 13.0. The molecule has 8 rings (SSSR count).